The minimum atomic E-state index is -4.67. The first-order valence-corrected chi connectivity index (χ1v) is 8.85. The molecule has 6 heteroatoms. The molecule has 28 heavy (non-hydrogen) atoms. The molecule has 3 nitrogen and oxygen atoms in total. The molecule has 0 radical (unpaired) electrons. The van der Waals surface area contributed by atoms with Gasteiger partial charge in [-0.15, -0.1) is 0 Å². The van der Waals surface area contributed by atoms with Crippen LogP contribution in [0.3, 0.4) is 0 Å². The number of alkyl halides is 3. The maximum Gasteiger partial charge on any atom is 0.431 e. The number of aryl methyl sites for hydroxylation is 3. The molecule has 0 amide bonds. The summed E-state index contributed by atoms with van der Waals surface area (Å²) in [5, 5.41) is 0. The number of ether oxygens (including phenoxy) is 1. The Hall–Kier alpha value is -3.02. The van der Waals surface area contributed by atoms with Crippen LogP contribution < -0.4 is 10.3 Å². The van der Waals surface area contributed by atoms with E-state index in [4.69, 9.17) is 4.74 Å². The first kappa shape index (κ1) is 18.3. The van der Waals surface area contributed by atoms with E-state index in [-0.39, 0.29) is 5.56 Å². The van der Waals surface area contributed by atoms with Gasteiger partial charge < -0.3 is 4.74 Å². The van der Waals surface area contributed by atoms with Crippen LogP contribution in [0.25, 0.3) is 0 Å². The second-order valence-electron chi connectivity index (χ2n) is 7.10. The molecule has 144 valence electrons. The van der Waals surface area contributed by atoms with Gasteiger partial charge in [0.05, 0.1) is 6.04 Å². The monoisotopic (exact) mass is 385 g/mol. The summed E-state index contributed by atoms with van der Waals surface area (Å²) in [6, 6.07) is 12.1. The Morgan fingerprint density at radius 2 is 1.68 bits per heavy atom. The minimum Gasteiger partial charge on any atom is -0.457 e. The second-order valence-corrected chi connectivity index (χ2v) is 7.10. The average Bonchev–Trinajstić information content (AvgIpc) is 2.61. The maximum atomic E-state index is 14.0. The second kappa shape index (κ2) is 6.26. The van der Waals surface area contributed by atoms with Crippen molar-refractivity contribution >= 4 is 0 Å². The Bertz CT molecular complexity index is 1150. The van der Waals surface area contributed by atoms with Gasteiger partial charge in [-0.3, -0.25) is 9.36 Å². The van der Waals surface area contributed by atoms with Gasteiger partial charge in [0.25, 0.3) is 5.56 Å². The van der Waals surface area contributed by atoms with Crippen molar-refractivity contribution < 1.29 is 17.9 Å². The van der Waals surface area contributed by atoms with Crippen molar-refractivity contribution in [1.29, 1.82) is 0 Å². The zero-order valence-electron chi connectivity index (χ0n) is 15.6. The van der Waals surface area contributed by atoms with Crippen LogP contribution in [-0.2, 0) is 6.18 Å². The van der Waals surface area contributed by atoms with Crippen molar-refractivity contribution in [3.8, 4) is 11.5 Å². The predicted molar refractivity (Wildman–Crippen MR) is 100 cm³/mol. The van der Waals surface area contributed by atoms with E-state index in [0.29, 0.717) is 22.6 Å². The molecule has 0 saturated heterocycles. The van der Waals surface area contributed by atoms with Crippen molar-refractivity contribution in [2.45, 2.75) is 33.0 Å². The molecule has 1 aliphatic heterocycles. The van der Waals surface area contributed by atoms with Gasteiger partial charge in [-0.1, -0.05) is 30.3 Å². The van der Waals surface area contributed by atoms with Gasteiger partial charge in [-0.25, -0.2) is 0 Å². The van der Waals surface area contributed by atoms with E-state index >= 15 is 0 Å². The fourth-order valence-electron chi connectivity index (χ4n) is 3.86. The van der Waals surface area contributed by atoms with E-state index in [2.05, 4.69) is 0 Å². The fraction of sp³-hybridized carbons (Fsp3) is 0.227. The largest absolute Gasteiger partial charge is 0.457 e. The van der Waals surface area contributed by atoms with Crippen LogP contribution in [-0.4, -0.2) is 4.57 Å². The van der Waals surface area contributed by atoms with Crippen molar-refractivity contribution in [2.24, 2.45) is 0 Å². The van der Waals surface area contributed by atoms with Gasteiger partial charge in [0, 0.05) is 17.2 Å². The Labute approximate surface area is 160 Å². The molecule has 0 fully saturated rings. The van der Waals surface area contributed by atoms with Gasteiger partial charge in [-0.05, 0) is 49.6 Å². The van der Waals surface area contributed by atoms with Crippen LogP contribution in [0.5, 0.6) is 11.5 Å². The molecular formula is C22H18F3NO2. The lowest BCUT2D eigenvalue weighted by Crippen LogP contribution is -2.34. The van der Waals surface area contributed by atoms with Crippen LogP contribution in [0.1, 0.15) is 39.6 Å². The molecule has 0 bridgehead atoms. The fourth-order valence-corrected chi connectivity index (χ4v) is 3.86. The molecule has 1 unspecified atom stereocenters. The van der Waals surface area contributed by atoms with E-state index in [9.17, 15) is 18.0 Å². The summed E-state index contributed by atoms with van der Waals surface area (Å²) in [6.45, 7) is 5.06. The summed E-state index contributed by atoms with van der Waals surface area (Å²) in [6.07, 6.45) is -4.67. The molecule has 0 aliphatic carbocycles. The zero-order valence-corrected chi connectivity index (χ0v) is 15.6. The van der Waals surface area contributed by atoms with Crippen LogP contribution >= 0.6 is 0 Å². The van der Waals surface area contributed by atoms with Crippen LogP contribution in [0.2, 0.25) is 0 Å². The van der Waals surface area contributed by atoms with Crippen LogP contribution in [0.15, 0.2) is 53.3 Å². The lowest BCUT2D eigenvalue weighted by atomic mass is 9.89. The number of hydrogen-bond donors (Lipinski definition) is 0. The first-order chi connectivity index (χ1) is 13.2. The molecular weight excluding hydrogens is 367 g/mol. The van der Waals surface area contributed by atoms with E-state index < -0.39 is 23.5 Å². The molecule has 1 aliphatic rings. The number of pyridine rings is 1. The van der Waals surface area contributed by atoms with Gasteiger partial charge in [0.2, 0.25) is 0 Å². The van der Waals surface area contributed by atoms with E-state index in [1.54, 1.807) is 24.3 Å². The maximum absolute atomic E-state index is 14.0. The highest BCUT2D eigenvalue weighted by Crippen LogP contribution is 2.47. The van der Waals surface area contributed by atoms with E-state index in [1.165, 1.54) is 19.1 Å². The molecule has 0 saturated carbocycles. The highest BCUT2D eigenvalue weighted by atomic mass is 19.4. The number of rotatable bonds is 1. The molecule has 0 N–H and O–H groups in total. The van der Waals surface area contributed by atoms with E-state index in [1.807, 2.05) is 26.0 Å². The molecule has 4 rings (SSSR count). The number of nitrogens with zero attached hydrogens (tertiary/aromatic N) is 1. The van der Waals surface area contributed by atoms with E-state index in [0.717, 1.165) is 15.7 Å². The van der Waals surface area contributed by atoms with Gasteiger partial charge >= 0.3 is 6.18 Å². The Kier molecular flexibility index (Phi) is 4.10. The highest BCUT2D eigenvalue weighted by molar-refractivity contribution is 5.57. The summed E-state index contributed by atoms with van der Waals surface area (Å²) < 4.78 is 48.8. The van der Waals surface area contributed by atoms with Crippen molar-refractivity contribution in [3.63, 3.8) is 0 Å². The molecule has 2 heterocycles. The highest BCUT2D eigenvalue weighted by Gasteiger charge is 2.41. The van der Waals surface area contributed by atoms with Crippen molar-refractivity contribution in [2.75, 3.05) is 0 Å². The number of benzene rings is 2. The normalized spacial score (nSPS) is 15.6. The summed E-state index contributed by atoms with van der Waals surface area (Å²) in [7, 11) is 0. The topological polar surface area (TPSA) is 31.2 Å². The zero-order chi connectivity index (χ0) is 20.2. The summed E-state index contributed by atoms with van der Waals surface area (Å²) in [5.74, 6) is 0.925. The molecule has 3 aromatic rings. The lowest BCUT2D eigenvalue weighted by molar-refractivity contribution is -0.145. The van der Waals surface area contributed by atoms with Crippen molar-refractivity contribution in [1.82, 2.24) is 4.57 Å². The summed E-state index contributed by atoms with van der Waals surface area (Å²) in [4.78, 5) is 12.8. The van der Waals surface area contributed by atoms with Crippen LogP contribution in [0, 0.1) is 20.8 Å². The number of halogens is 3. The average molecular weight is 385 g/mol. The third-order valence-electron chi connectivity index (χ3n) is 5.10. The standard InChI is InChI=1S/C22H18F3NO2/c1-12-7-9-15-17(11-12)28-16-6-4-5-13(2)19(16)20(15)26-18(27)10-8-14(3)21(26)22(23,24)25/h4-11,20H,1-3H3. The third-order valence-corrected chi connectivity index (χ3v) is 5.10. The molecule has 1 atom stereocenters. The predicted octanol–water partition coefficient (Wildman–Crippen LogP) is 5.54. The Balaban J connectivity index is 2.13. The van der Waals surface area contributed by atoms with Crippen LogP contribution in [0.4, 0.5) is 13.2 Å². The first-order valence-electron chi connectivity index (χ1n) is 8.85. The van der Waals surface area contributed by atoms with Crippen molar-refractivity contribution in [3.05, 3.63) is 92.4 Å². The SMILES string of the molecule is Cc1ccc2c(c1)Oc1cccc(C)c1C2n1c(C(F)(F)F)c(C)ccc1=O. The number of hydrogen-bond acceptors (Lipinski definition) is 2. The smallest absolute Gasteiger partial charge is 0.431 e. The number of aromatic nitrogens is 1. The number of fused-ring (bicyclic) bond motifs is 2. The van der Waals surface area contributed by atoms with Gasteiger partial charge in [-0.2, -0.15) is 13.2 Å². The van der Waals surface area contributed by atoms with Gasteiger partial charge in [0.1, 0.15) is 17.2 Å². The molecule has 1 aromatic heterocycles. The Morgan fingerprint density at radius 1 is 0.929 bits per heavy atom. The summed E-state index contributed by atoms with van der Waals surface area (Å²) in [5.41, 5.74) is 1.14. The molecule has 2 aromatic carbocycles. The molecule has 0 spiro atoms. The lowest BCUT2D eigenvalue weighted by Gasteiger charge is -2.33. The minimum absolute atomic E-state index is 0.00221. The Morgan fingerprint density at radius 3 is 2.39 bits per heavy atom. The third kappa shape index (κ3) is 2.80. The quantitative estimate of drug-likeness (QED) is 0.431. The van der Waals surface area contributed by atoms with Gasteiger partial charge in [0.15, 0.2) is 0 Å². The summed E-state index contributed by atoms with van der Waals surface area (Å²) >= 11 is 0.